The van der Waals surface area contributed by atoms with Gasteiger partial charge in [0, 0.05) is 25.2 Å². The maximum Gasteiger partial charge on any atom is 0.417 e. The molecule has 1 heterocycles. The van der Waals surface area contributed by atoms with E-state index in [1.165, 1.54) is 4.90 Å². The van der Waals surface area contributed by atoms with Crippen LogP contribution in [0.4, 0.5) is 22.0 Å². The highest BCUT2D eigenvalue weighted by Crippen LogP contribution is 2.38. The van der Waals surface area contributed by atoms with Crippen molar-refractivity contribution in [1.29, 1.82) is 0 Å². The molecular formula is C14H16F5NO2. The molecule has 1 aromatic rings. The van der Waals surface area contributed by atoms with Gasteiger partial charge in [0.25, 0.3) is 0 Å². The Morgan fingerprint density at radius 1 is 1.18 bits per heavy atom. The number of aliphatic hydroxyl groups is 2. The maximum absolute atomic E-state index is 13.5. The molecule has 1 aromatic carbocycles. The minimum absolute atomic E-state index is 0.0932. The predicted octanol–water partition coefficient (Wildman–Crippen LogP) is 2.39. The summed E-state index contributed by atoms with van der Waals surface area (Å²) in [5.41, 5.74) is -2.96. The van der Waals surface area contributed by atoms with Gasteiger partial charge in [0.15, 0.2) is 5.60 Å². The molecule has 2 N–H and O–H groups in total. The van der Waals surface area contributed by atoms with Crippen molar-refractivity contribution in [2.75, 3.05) is 19.6 Å². The normalized spacial score (nSPS) is 20.9. The van der Waals surface area contributed by atoms with Crippen molar-refractivity contribution in [2.24, 2.45) is 0 Å². The predicted molar refractivity (Wildman–Crippen MR) is 68.0 cm³/mol. The van der Waals surface area contributed by atoms with Gasteiger partial charge in [-0.15, -0.1) is 0 Å². The molecule has 2 rings (SSSR count). The first-order valence-electron chi connectivity index (χ1n) is 6.77. The lowest BCUT2D eigenvalue weighted by Gasteiger charge is -2.39. The van der Waals surface area contributed by atoms with E-state index in [0.717, 1.165) is 18.2 Å². The molecule has 0 spiro atoms. The summed E-state index contributed by atoms with van der Waals surface area (Å²) in [5, 5.41) is 19.5. The number of hydrogen-bond acceptors (Lipinski definition) is 3. The second-order valence-electron chi connectivity index (χ2n) is 5.51. The van der Waals surface area contributed by atoms with Gasteiger partial charge in [0.05, 0.1) is 6.10 Å². The van der Waals surface area contributed by atoms with E-state index in [4.69, 9.17) is 0 Å². The smallest absolute Gasteiger partial charge is 0.387 e. The first-order valence-corrected chi connectivity index (χ1v) is 6.77. The third-order valence-corrected chi connectivity index (χ3v) is 3.96. The molecule has 1 atom stereocenters. The highest BCUT2D eigenvalue weighted by Gasteiger charge is 2.54. The lowest BCUT2D eigenvalue weighted by molar-refractivity contribution is -0.273. The van der Waals surface area contributed by atoms with Crippen molar-refractivity contribution < 1.29 is 32.2 Å². The molecule has 0 saturated carbocycles. The average Bonchev–Trinajstić information content (AvgIpc) is 2.43. The highest BCUT2D eigenvalue weighted by atomic mass is 19.4. The summed E-state index contributed by atoms with van der Waals surface area (Å²) in [7, 11) is 0. The SMILES string of the molecule is OC(CN1CCC(O)(C(F)(F)F)CC1)c1cc(F)ccc1F. The minimum Gasteiger partial charge on any atom is -0.387 e. The van der Waals surface area contributed by atoms with E-state index in [1.807, 2.05) is 0 Å². The molecule has 22 heavy (non-hydrogen) atoms. The van der Waals surface area contributed by atoms with Gasteiger partial charge >= 0.3 is 6.18 Å². The van der Waals surface area contributed by atoms with Crippen LogP contribution in [0, 0.1) is 11.6 Å². The van der Waals surface area contributed by atoms with E-state index in [0.29, 0.717) is 0 Å². The van der Waals surface area contributed by atoms with Crippen LogP contribution in [0.2, 0.25) is 0 Å². The number of benzene rings is 1. The zero-order valence-corrected chi connectivity index (χ0v) is 11.6. The molecule has 0 radical (unpaired) electrons. The summed E-state index contributed by atoms with van der Waals surface area (Å²) >= 11 is 0. The molecule has 0 aliphatic carbocycles. The highest BCUT2D eigenvalue weighted by molar-refractivity contribution is 5.21. The zero-order chi connectivity index (χ0) is 16.5. The monoisotopic (exact) mass is 325 g/mol. The van der Waals surface area contributed by atoms with Gasteiger partial charge in [-0.05, 0) is 31.0 Å². The van der Waals surface area contributed by atoms with Gasteiger partial charge in [-0.1, -0.05) is 0 Å². The second kappa shape index (κ2) is 6.10. The summed E-state index contributed by atoms with van der Waals surface area (Å²) in [6.45, 7) is -0.317. The third kappa shape index (κ3) is 3.56. The minimum atomic E-state index is -4.70. The molecule has 1 saturated heterocycles. The molecule has 1 aliphatic heterocycles. The van der Waals surface area contributed by atoms with E-state index in [-0.39, 0.29) is 25.2 Å². The maximum atomic E-state index is 13.5. The number of rotatable bonds is 3. The Hall–Kier alpha value is -1.25. The Labute approximate surface area is 124 Å². The Kier molecular flexibility index (Phi) is 4.74. The van der Waals surface area contributed by atoms with Crippen LogP contribution in [0.1, 0.15) is 24.5 Å². The van der Waals surface area contributed by atoms with Crippen molar-refractivity contribution in [3.63, 3.8) is 0 Å². The number of alkyl halides is 3. The first-order chi connectivity index (χ1) is 10.1. The van der Waals surface area contributed by atoms with Crippen LogP contribution in [-0.2, 0) is 0 Å². The van der Waals surface area contributed by atoms with Crippen molar-refractivity contribution in [3.05, 3.63) is 35.4 Å². The van der Waals surface area contributed by atoms with Gasteiger partial charge in [0.1, 0.15) is 11.6 Å². The summed E-state index contributed by atoms with van der Waals surface area (Å²) in [6.07, 6.45) is -7.09. The molecule has 0 amide bonds. The number of hydrogen-bond donors (Lipinski definition) is 2. The summed E-state index contributed by atoms with van der Waals surface area (Å²) in [4.78, 5) is 1.48. The number of nitrogens with zero attached hydrogens (tertiary/aromatic N) is 1. The van der Waals surface area contributed by atoms with Gasteiger partial charge < -0.3 is 15.1 Å². The Balaban J connectivity index is 1.97. The molecule has 1 aliphatic rings. The Bertz CT molecular complexity index is 526. The molecular weight excluding hydrogens is 309 g/mol. The molecule has 1 fully saturated rings. The van der Waals surface area contributed by atoms with Crippen LogP contribution in [0.15, 0.2) is 18.2 Å². The standard InChI is InChI=1S/C14H16F5NO2/c15-9-1-2-11(16)10(7-9)12(21)8-20-5-3-13(22,4-6-20)14(17,18)19/h1-2,7,12,21-22H,3-6,8H2. The third-order valence-electron chi connectivity index (χ3n) is 3.96. The van der Waals surface area contributed by atoms with Crippen molar-refractivity contribution in [2.45, 2.75) is 30.7 Å². The topological polar surface area (TPSA) is 43.7 Å². The Morgan fingerprint density at radius 3 is 2.32 bits per heavy atom. The lowest BCUT2D eigenvalue weighted by Crippen LogP contribution is -2.53. The quantitative estimate of drug-likeness (QED) is 0.839. The second-order valence-corrected chi connectivity index (χ2v) is 5.51. The molecule has 0 bridgehead atoms. The lowest BCUT2D eigenvalue weighted by atomic mass is 9.90. The zero-order valence-electron chi connectivity index (χ0n) is 11.6. The van der Waals surface area contributed by atoms with Crippen LogP contribution >= 0.6 is 0 Å². The van der Waals surface area contributed by atoms with Crippen LogP contribution in [0.5, 0.6) is 0 Å². The van der Waals surface area contributed by atoms with Crippen LogP contribution in [0.25, 0.3) is 0 Å². The van der Waals surface area contributed by atoms with E-state index in [1.54, 1.807) is 0 Å². The molecule has 8 heteroatoms. The Morgan fingerprint density at radius 2 is 1.77 bits per heavy atom. The van der Waals surface area contributed by atoms with E-state index in [2.05, 4.69) is 0 Å². The van der Waals surface area contributed by atoms with Gasteiger partial charge in [-0.25, -0.2) is 8.78 Å². The average molecular weight is 325 g/mol. The number of piperidine rings is 1. The van der Waals surface area contributed by atoms with Crippen LogP contribution < -0.4 is 0 Å². The van der Waals surface area contributed by atoms with Gasteiger partial charge in [0.2, 0.25) is 0 Å². The first kappa shape index (κ1) is 17.1. The van der Waals surface area contributed by atoms with Gasteiger partial charge in [-0.3, -0.25) is 0 Å². The number of β-amino-alcohol motifs (C(OH)–C–C–N with tert-alkyl or cyclic N) is 1. The van der Waals surface area contributed by atoms with Crippen LogP contribution in [0.3, 0.4) is 0 Å². The van der Waals surface area contributed by atoms with E-state index < -0.39 is 42.4 Å². The number of aliphatic hydroxyl groups excluding tert-OH is 1. The molecule has 1 unspecified atom stereocenters. The van der Waals surface area contributed by atoms with Crippen LogP contribution in [-0.4, -0.2) is 46.5 Å². The number of likely N-dealkylation sites (tertiary alicyclic amines) is 1. The largest absolute Gasteiger partial charge is 0.417 e. The van der Waals surface area contributed by atoms with E-state index >= 15 is 0 Å². The number of halogens is 5. The van der Waals surface area contributed by atoms with Crippen molar-refractivity contribution >= 4 is 0 Å². The van der Waals surface area contributed by atoms with E-state index in [9.17, 15) is 32.2 Å². The fourth-order valence-corrected chi connectivity index (χ4v) is 2.50. The van der Waals surface area contributed by atoms with Crippen molar-refractivity contribution in [3.8, 4) is 0 Å². The summed E-state index contributed by atoms with van der Waals surface area (Å²) in [5.74, 6) is -1.49. The van der Waals surface area contributed by atoms with Gasteiger partial charge in [-0.2, -0.15) is 13.2 Å². The molecule has 3 nitrogen and oxygen atoms in total. The summed E-state index contributed by atoms with van der Waals surface area (Å²) in [6, 6.07) is 2.65. The molecule has 124 valence electrons. The summed E-state index contributed by atoms with van der Waals surface area (Å²) < 4.78 is 64.6. The van der Waals surface area contributed by atoms with Crippen molar-refractivity contribution in [1.82, 2.24) is 4.90 Å². The molecule has 0 aromatic heterocycles. The fourth-order valence-electron chi connectivity index (χ4n) is 2.50. The fraction of sp³-hybridized carbons (Fsp3) is 0.571.